The first-order valence-electron chi connectivity index (χ1n) is 10.1. The summed E-state index contributed by atoms with van der Waals surface area (Å²) in [5, 5.41) is 10.7. The van der Waals surface area contributed by atoms with Crippen LogP contribution in [-0.2, 0) is 12.3 Å². The third kappa shape index (κ3) is 4.66. The first-order valence-corrected chi connectivity index (χ1v) is 11.9. The number of nitrogens with zero attached hydrogens (tertiary/aromatic N) is 5. The van der Waals surface area contributed by atoms with E-state index in [0.717, 1.165) is 11.1 Å². The van der Waals surface area contributed by atoms with Crippen LogP contribution in [0, 0.1) is 0 Å². The van der Waals surface area contributed by atoms with Gasteiger partial charge in [0.05, 0.1) is 22.3 Å². The van der Waals surface area contributed by atoms with Gasteiger partial charge in [0.2, 0.25) is 0 Å². The van der Waals surface area contributed by atoms with Crippen molar-refractivity contribution < 1.29 is 0 Å². The number of fused-ring (bicyclic) bond motifs is 1. The van der Waals surface area contributed by atoms with E-state index in [1.165, 1.54) is 22.2 Å². The number of rotatable bonds is 6. The predicted octanol–water partition coefficient (Wildman–Crippen LogP) is 5.60. The molecule has 5 aromatic rings. The van der Waals surface area contributed by atoms with Gasteiger partial charge in [0.1, 0.15) is 5.65 Å². The van der Waals surface area contributed by atoms with Gasteiger partial charge in [0, 0.05) is 23.6 Å². The quantitative estimate of drug-likeness (QED) is 0.288. The summed E-state index contributed by atoms with van der Waals surface area (Å²) < 4.78 is 3.47. The Morgan fingerprint density at radius 3 is 2.52 bits per heavy atom. The maximum atomic E-state index is 12.5. The van der Waals surface area contributed by atoms with E-state index in [1.807, 2.05) is 47.0 Å². The second-order valence-corrected chi connectivity index (χ2v) is 9.09. The number of halogens is 2. The summed E-state index contributed by atoms with van der Waals surface area (Å²) in [5.74, 6) is 1.15. The standard InChI is InChI=1S/C24H17Cl2N5OS/c25-17-10-11-21-27-18(12-22(32)30(21)14-17)15-33-24-29-28-23(19-8-4-5-9-20(19)26)31(24)13-16-6-2-1-3-7-16/h1-12,14H,13,15H2. The highest BCUT2D eigenvalue weighted by Crippen LogP contribution is 2.31. The van der Waals surface area contributed by atoms with E-state index in [1.54, 1.807) is 18.3 Å². The SMILES string of the molecule is O=c1cc(CSc2nnc(-c3ccccc3Cl)n2Cc2ccccc2)nc2ccc(Cl)cn12. The molecule has 2 aromatic carbocycles. The fraction of sp³-hybridized carbons (Fsp3) is 0.0833. The number of benzene rings is 2. The third-order valence-electron chi connectivity index (χ3n) is 5.04. The number of pyridine rings is 1. The minimum atomic E-state index is -0.180. The lowest BCUT2D eigenvalue weighted by Crippen LogP contribution is -2.15. The molecule has 164 valence electrons. The molecule has 0 atom stereocenters. The van der Waals surface area contributed by atoms with Gasteiger partial charge in [-0.05, 0) is 29.8 Å². The number of thioether (sulfide) groups is 1. The lowest BCUT2D eigenvalue weighted by molar-refractivity contribution is 0.714. The Morgan fingerprint density at radius 1 is 0.909 bits per heavy atom. The summed E-state index contributed by atoms with van der Waals surface area (Å²) in [6, 6.07) is 22.6. The van der Waals surface area contributed by atoms with E-state index < -0.39 is 0 Å². The van der Waals surface area contributed by atoms with Gasteiger partial charge in [-0.25, -0.2) is 4.98 Å². The van der Waals surface area contributed by atoms with E-state index in [4.69, 9.17) is 23.2 Å². The fourth-order valence-electron chi connectivity index (χ4n) is 3.48. The number of hydrogen-bond acceptors (Lipinski definition) is 5. The normalized spacial score (nSPS) is 11.2. The molecule has 0 aliphatic heterocycles. The maximum Gasteiger partial charge on any atom is 0.258 e. The molecular formula is C24H17Cl2N5OS. The van der Waals surface area contributed by atoms with Crippen molar-refractivity contribution >= 4 is 40.6 Å². The summed E-state index contributed by atoms with van der Waals surface area (Å²) in [6.07, 6.45) is 1.56. The Balaban J connectivity index is 1.49. The van der Waals surface area contributed by atoms with E-state index in [-0.39, 0.29) is 5.56 Å². The van der Waals surface area contributed by atoms with Crippen LogP contribution in [0.15, 0.2) is 88.9 Å². The van der Waals surface area contributed by atoms with Crippen LogP contribution in [0.5, 0.6) is 0 Å². The Labute approximate surface area is 203 Å². The van der Waals surface area contributed by atoms with Crippen LogP contribution in [0.4, 0.5) is 0 Å². The average Bonchev–Trinajstić information content (AvgIpc) is 3.21. The van der Waals surface area contributed by atoms with Crippen molar-refractivity contribution in [3.05, 3.63) is 111 Å². The Bertz CT molecular complexity index is 1500. The molecule has 5 rings (SSSR count). The topological polar surface area (TPSA) is 65.1 Å². The molecule has 0 spiro atoms. The summed E-state index contributed by atoms with van der Waals surface area (Å²) in [5.41, 5.74) is 2.95. The van der Waals surface area contributed by atoms with Crippen LogP contribution >= 0.6 is 35.0 Å². The average molecular weight is 494 g/mol. The number of hydrogen-bond donors (Lipinski definition) is 0. The zero-order chi connectivity index (χ0) is 22.8. The van der Waals surface area contributed by atoms with Crippen molar-refractivity contribution in [1.29, 1.82) is 0 Å². The molecule has 0 unspecified atom stereocenters. The molecule has 0 bridgehead atoms. The van der Waals surface area contributed by atoms with Crippen molar-refractivity contribution in [2.45, 2.75) is 17.5 Å². The predicted molar refractivity (Wildman–Crippen MR) is 132 cm³/mol. The molecule has 9 heteroatoms. The highest BCUT2D eigenvalue weighted by molar-refractivity contribution is 7.98. The summed E-state index contributed by atoms with van der Waals surface area (Å²) in [7, 11) is 0. The van der Waals surface area contributed by atoms with Crippen LogP contribution in [0.3, 0.4) is 0 Å². The van der Waals surface area contributed by atoms with E-state index in [0.29, 0.717) is 44.7 Å². The zero-order valence-electron chi connectivity index (χ0n) is 17.2. The van der Waals surface area contributed by atoms with Gasteiger partial charge in [-0.15, -0.1) is 10.2 Å². The molecule has 0 saturated heterocycles. The molecule has 0 fully saturated rings. The van der Waals surface area contributed by atoms with Gasteiger partial charge in [-0.3, -0.25) is 13.8 Å². The van der Waals surface area contributed by atoms with Gasteiger partial charge >= 0.3 is 0 Å². The summed E-state index contributed by atoms with van der Waals surface area (Å²) in [6.45, 7) is 0.586. The molecular weight excluding hydrogens is 477 g/mol. The molecule has 3 aromatic heterocycles. The molecule has 6 nitrogen and oxygen atoms in total. The van der Waals surface area contributed by atoms with Crippen molar-refractivity contribution in [1.82, 2.24) is 24.1 Å². The van der Waals surface area contributed by atoms with E-state index >= 15 is 0 Å². The van der Waals surface area contributed by atoms with Gasteiger partial charge in [0.15, 0.2) is 11.0 Å². The van der Waals surface area contributed by atoms with Crippen LogP contribution in [0.1, 0.15) is 11.3 Å². The molecule has 0 N–H and O–H groups in total. The van der Waals surface area contributed by atoms with Gasteiger partial charge in [-0.2, -0.15) is 0 Å². The van der Waals surface area contributed by atoms with E-state index in [9.17, 15) is 4.79 Å². The van der Waals surface area contributed by atoms with Crippen molar-refractivity contribution in [3.63, 3.8) is 0 Å². The minimum absolute atomic E-state index is 0.180. The monoisotopic (exact) mass is 493 g/mol. The fourth-order valence-corrected chi connectivity index (χ4v) is 4.70. The first-order chi connectivity index (χ1) is 16.1. The van der Waals surface area contributed by atoms with Crippen LogP contribution < -0.4 is 5.56 Å². The molecule has 0 aliphatic carbocycles. The molecule has 33 heavy (non-hydrogen) atoms. The second kappa shape index (κ2) is 9.39. The molecule has 0 radical (unpaired) electrons. The van der Waals surface area contributed by atoms with E-state index in [2.05, 4.69) is 27.3 Å². The molecule has 3 heterocycles. The number of aromatic nitrogens is 5. The first kappa shape index (κ1) is 21.7. The van der Waals surface area contributed by atoms with Crippen molar-refractivity contribution in [2.24, 2.45) is 0 Å². The summed E-state index contributed by atoms with van der Waals surface area (Å²) >= 11 is 13.9. The Hall–Kier alpha value is -3.13. The highest BCUT2D eigenvalue weighted by Gasteiger charge is 2.17. The Morgan fingerprint density at radius 2 is 1.70 bits per heavy atom. The van der Waals surface area contributed by atoms with Gasteiger partial charge < -0.3 is 0 Å². The van der Waals surface area contributed by atoms with Crippen molar-refractivity contribution in [2.75, 3.05) is 0 Å². The lowest BCUT2D eigenvalue weighted by Gasteiger charge is -2.11. The smallest absolute Gasteiger partial charge is 0.258 e. The van der Waals surface area contributed by atoms with Gasteiger partial charge in [0.25, 0.3) is 5.56 Å². The lowest BCUT2D eigenvalue weighted by atomic mass is 10.2. The second-order valence-electron chi connectivity index (χ2n) is 7.31. The molecule has 0 aliphatic rings. The third-order valence-corrected chi connectivity index (χ3v) is 6.59. The minimum Gasteiger partial charge on any atom is -0.297 e. The van der Waals surface area contributed by atoms with Crippen molar-refractivity contribution in [3.8, 4) is 11.4 Å². The highest BCUT2D eigenvalue weighted by atomic mass is 35.5. The largest absolute Gasteiger partial charge is 0.297 e. The zero-order valence-corrected chi connectivity index (χ0v) is 19.6. The van der Waals surface area contributed by atoms with Crippen LogP contribution in [0.2, 0.25) is 10.0 Å². The summed E-state index contributed by atoms with van der Waals surface area (Å²) in [4.78, 5) is 17.1. The van der Waals surface area contributed by atoms with Crippen LogP contribution in [0.25, 0.3) is 17.0 Å². The van der Waals surface area contributed by atoms with Gasteiger partial charge in [-0.1, -0.05) is 77.4 Å². The van der Waals surface area contributed by atoms with Crippen LogP contribution in [-0.4, -0.2) is 24.1 Å². The molecule has 0 amide bonds. The molecule has 0 saturated carbocycles. The Kier molecular flexibility index (Phi) is 6.17. The maximum absolute atomic E-state index is 12.5.